The minimum atomic E-state index is -3.95. The number of sulfonamides is 1. The third-order valence-electron chi connectivity index (χ3n) is 10.9. The van der Waals surface area contributed by atoms with Gasteiger partial charge >= 0.3 is 12.0 Å². The molecule has 2 aliphatic carbocycles. The molecule has 3 aromatic rings. The van der Waals surface area contributed by atoms with Crippen LogP contribution < -0.4 is 24.8 Å². The molecule has 4 heterocycles. The number of fused-ring (bicyclic) bond motifs is 8. The quantitative estimate of drug-likeness (QED) is 0.326. The lowest BCUT2D eigenvalue weighted by molar-refractivity contribution is -0.141. The average Bonchev–Trinajstić information content (AvgIpc) is 4.11. The summed E-state index contributed by atoms with van der Waals surface area (Å²) in [6.07, 6.45) is 4.96. The summed E-state index contributed by atoms with van der Waals surface area (Å²) in [4.78, 5) is 66.4. The number of alkyl halides is 2. The maximum Gasteiger partial charge on any atom is 0.408 e. The maximum absolute atomic E-state index is 15.0. The first-order chi connectivity index (χ1) is 27.3. The van der Waals surface area contributed by atoms with E-state index in [1.165, 1.54) is 17.0 Å². The first-order valence-electron chi connectivity index (χ1n) is 19.1. The molecule has 2 aromatic carbocycles. The third kappa shape index (κ3) is 8.36. The van der Waals surface area contributed by atoms with Gasteiger partial charge in [-0.05, 0) is 62.8 Å². The number of ether oxygens (including phenoxy) is 3. The number of cyclic esters (lactones) is 1. The topological polar surface area (TPSA) is 195 Å². The van der Waals surface area contributed by atoms with Crippen molar-refractivity contribution < 1.29 is 50.6 Å². The molecule has 3 N–H and O–H groups in total. The second-order valence-electron chi connectivity index (χ2n) is 15.3. The van der Waals surface area contributed by atoms with Gasteiger partial charge in [0.2, 0.25) is 27.7 Å². The molecule has 18 heteroatoms. The van der Waals surface area contributed by atoms with E-state index >= 15 is 8.78 Å². The van der Waals surface area contributed by atoms with Gasteiger partial charge in [-0.15, -0.1) is 0 Å². The van der Waals surface area contributed by atoms with Gasteiger partial charge in [-0.2, -0.15) is 8.78 Å². The molecule has 4 amide bonds. The van der Waals surface area contributed by atoms with Crippen molar-refractivity contribution in [2.75, 3.05) is 19.8 Å². The van der Waals surface area contributed by atoms with E-state index < -0.39 is 87.9 Å². The number of carbonyl (C=O) groups excluding carboxylic acids is 4. The van der Waals surface area contributed by atoms with Crippen LogP contribution in [-0.4, -0.2) is 102 Å². The molecule has 5 bridgehead atoms. The number of carbonyl (C=O) groups is 4. The van der Waals surface area contributed by atoms with E-state index in [1.807, 2.05) is 6.08 Å². The lowest BCUT2D eigenvalue weighted by Gasteiger charge is -2.30. The lowest BCUT2D eigenvalue weighted by Crippen LogP contribution is -2.58. The van der Waals surface area contributed by atoms with Crippen molar-refractivity contribution in [1.82, 2.24) is 30.2 Å². The predicted octanol–water partition coefficient (Wildman–Crippen LogP) is 3.77. The zero-order chi connectivity index (χ0) is 40.0. The fourth-order valence-electron chi connectivity index (χ4n) is 7.58. The Morgan fingerprint density at radius 3 is 2.51 bits per heavy atom. The summed E-state index contributed by atoms with van der Waals surface area (Å²) in [5, 5.41) is 4.58. The number of rotatable bonds is 3. The normalized spacial score (nSPS) is 28.6. The Balaban J connectivity index is 1.18. The molecular weight excluding hydrogens is 767 g/mol. The summed E-state index contributed by atoms with van der Waals surface area (Å²) in [6, 6.07) is 10.7. The van der Waals surface area contributed by atoms with Crippen LogP contribution in [0.15, 0.2) is 60.7 Å². The third-order valence-corrected chi connectivity index (χ3v) is 12.7. The highest BCUT2D eigenvalue weighted by molar-refractivity contribution is 7.91. The molecule has 0 unspecified atom stereocenters. The number of amides is 4. The van der Waals surface area contributed by atoms with Gasteiger partial charge in [0.05, 0.1) is 22.8 Å². The number of halogens is 2. The number of nitrogens with one attached hydrogen (secondary N) is 3. The zero-order valence-electron chi connectivity index (χ0n) is 30.8. The van der Waals surface area contributed by atoms with Crippen molar-refractivity contribution in [3.63, 3.8) is 0 Å². The van der Waals surface area contributed by atoms with Crippen molar-refractivity contribution in [2.24, 2.45) is 5.92 Å². The summed E-state index contributed by atoms with van der Waals surface area (Å²) in [7, 11) is -3.95. The first-order valence-corrected chi connectivity index (χ1v) is 20.7. The van der Waals surface area contributed by atoms with Gasteiger partial charge in [-0.3, -0.25) is 19.1 Å². The zero-order valence-corrected chi connectivity index (χ0v) is 31.6. The van der Waals surface area contributed by atoms with E-state index in [4.69, 9.17) is 24.2 Å². The molecule has 0 spiro atoms. The monoisotopic (exact) mass is 808 g/mol. The van der Waals surface area contributed by atoms with Gasteiger partial charge in [0.15, 0.2) is 13.2 Å². The number of aromatic nitrogens is 2. The number of alkyl carbamates (subject to hydrolysis) is 1. The highest BCUT2D eigenvalue weighted by Crippen LogP contribution is 2.46. The van der Waals surface area contributed by atoms with Crippen LogP contribution in [0.25, 0.3) is 22.3 Å². The number of nitrogens with zero attached hydrogens (tertiary/aromatic N) is 3. The minimum Gasteiger partial charge on any atom is -0.487 e. The van der Waals surface area contributed by atoms with Crippen LogP contribution in [-0.2, 0) is 29.1 Å². The standard InChI is InChI=1S/C39H42F2N6O9S/c40-38(41)21-54-25-11-8-9-23(17-25)32-34(43-29-13-7-6-12-28(29)42-32)56-26-18-31-33(48)45-39(36(50)46-57(52,53)27-15-16-27)19-24(39)10-4-2-1-3-5-14-30(35(49)47(31)20-26)44-37(51)55-22-38/h4,6-13,17,24,26-27,30-31H,1-3,5,14-16,18-22H2,(H,44,51)(H,45,48)(H,46,50)/b10-4-/t24-,26-,30+,31+,39-/m1/s1. The van der Waals surface area contributed by atoms with Crippen LogP contribution in [0.4, 0.5) is 13.6 Å². The van der Waals surface area contributed by atoms with Crippen LogP contribution in [0.2, 0.25) is 0 Å². The summed E-state index contributed by atoms with van der Waals surface area (Å²) >= 11 is 0. The predicted molar refractivity (Wildman–Crippen MR) is 200 cm³/mol. The fraction of sp³-hybridized carbons (Fsp3) is 0.487. The Hall–Kier alpha value is -5.39. The van der Waals surface area contributed by atoms with E-state index in [0.717, 1.165) is 0 Å². The van der Waals surface area contributed by atoms with Crippen molar-refractivity contribution >= 4 is 44.9 Å². The number of allylic oxidation sites excluding steroid dienone is 1. The van der Waals surface area contributed by atoms with Gasteiger partial charge in [0.25, 0.3) is 5.91 Å². The van der Waals surface area contributed by atoms with Crippen LogP contribution in [0.5, 0.6) is 11.6 Å². The number of hydrogen-bond donors (Lipinski definition) is 3. The van der Waals surface area contributed by atoms with Crippen LogP contribution in [0, 0.1) is 5.92 Å². The Morgan fingerprint density at radius 1 is 0.947 bits per heavy atom. The Morgan fingerprint density at radius 2 is 1.72 bits per heavy atom. The Labute approximate surface area is 327 Å². The molecule has 8 rings (SSSR count). The van der Waals surface area contributed by atoms with Gasteiger partial charge in [-0.25, -0.2) is 23.2 Å². The average molecular weight is 809 g/mol. The van der Waals surface area contributed by atoms with E-state index in [2.05, 4.69) is 15.4 Å². The molecule has 302 valence electrons. The highest BCUT2D eigenvalue weighted by Gasteiger charge is 2.62. The van der Waals surface area contributed by atoms with E-state index in [9.17, 15) is 27.6 Å². The molecule has 57 heavy (non-hydrogen) atoms. The second kappa shape index (κ2) is 15.2. The van der Waals surface area contributed by atoms with Gasteiger partial charge < -0.3 is 29.7 Å². The van der Waals surface area contributed by atoms with Crippen molar-refractivity contribution in [1.29, 1.82) is 0 Å². The minimum absolute atomic E-state index is 0.0460. The molecule has 0 radical (unpaired) electrons. The second-order valence-corrected chi connectivity index (χ2v) is 17.3. The summed E-state index contributed by atoms with van der Waals surface area (Å²) < 4.78 is 74.8. The van der Waals surface area contributed by atoms with E-state index in [0.29, 0.717) is 55.1 Å². The van der Waals surface area contributed by atoms with Gasteiger partial charge in [-0.1, -0.05) is 49.3 Å². The lowest BCUT2D eigenvalue weighted by atomic mass is 10.0. The van der Waals surface area contributed by atoms with Crippen LogP contribution >= 0.6 is 0 Å². The summed E-state index contributed by atoms with van der Waals surface area (Å²) in [5.74, 6) is -6.27. The highest BCUT2D eigenvalue weighted by atomic mass is 32.2. The summed E-state index contributed by atoms with van der Waals surface area (Å²) in [6.45, 7) is -2.62. The first kappa shape index (κ1) is 38.5. The number of benzene rings is 2. The molecule has 5 atom stereocenters. The van der Waals surface area contributed by atoms with Crippen molar-refractivity contribution in [3.05, 3.63) is 60.7 Å². The Kier molecular flexibility index (Phi) is 10.2. The van der Waals surface area contributed by atoms with Crippen molar-refractivity contribution in [2.45, 2.75) is 92.7 Å². The number of hydrogen-bond acceptors (Lipinski definition) is 11. The molecule has 15 nitrogen and oxygen atoms in total. The van der Waals surface area contributed by atoms with Crippen LogP contribution in [0.3, 0.4) is 0 Å². The largest absolute Gasteiger partial charge is 0.487 e. The SMILES string of the molecule is O=C1N[C@H]2CCCCC/C=C\[C@@H]3C[C@@]3(C(=O)NS(=O)(=O)C3CC3)NC(=O)[C@@H]3C[C@H](CN3C2=O)Oc2nc3ccccc3nc2-c2cccc(c2)OCC(F)(F)CO1. The van der Waals surface area contributed by atoms with Crippen molar-refractivity contribution in [3.8, 4) is 22.9 Å². The Bertz CT molecular complexity index is 2240. The molecular formula is C39H42F2N6O9S. The van der Waals surface area contributed by atoms with E-state index in [-0.39, 0.29) is 43.1 Å². The van der Waals surface area contributed by atoms with Crippen LogP contribution in [0.1, 0.15) is 57.8 Å². The molecule has 3 aliphatic heterocycles. The van der Waals surface area contributed by atoms with Gasteiger partial charge in [0, 0.05) is 17.9 Å². The van der Waals surface area contributed by atoms with E-state index in [1.54, 1.807) is 42.5 Å². The molecule has 5 aliphatic rings. The maximum atomic E-state index is 15.0. The smallest absolute Gasteiger partial charge is 0.408 e. The summed E-state index contributed by atoms with van der Waals surface area (Å²) in [5.41, 5.74) is 0.0820. The number of para-hydroxylation sites is 2. The fourth-order valence-corrected chi connectivity index (χ4v) is 8.94. The molecule has 1 saturated heterocycles. The molecule has 2 saturated carbocycles. The molecule has 3 fully saturated rings. The van der Waals surface area contributed by atoms with Gasteiger partial charge in [0.1, 0.15) is 35.2 Å². The molecule has 1 aromatic heterocycles.